The van der Waals surface area contributed by atoms with E-state index < -0.39 is 18.8 Å². The lowest BCUT2D eigenvalue weighted by Gasteiger charge is -2.25. The van der Waals surface area contributed by atoms with E-state index in [-0.39, 0.29) is 24.1 Å². The molecule has 0 aliphatic carbocycles. The summed E-state index contributed by atoms with van der Waals surface area (Å²) in [7, 11) is 0. The maximum atomic E-state index is 13.2. The first kappa shape index (κ1) is 19.1. The molecular weight excluding hydrogens is 366 g/mol. The van der Waals surface area contributed by atoms with Crippen LogP contribution in [0.5, 0.6) is 5.88 Å². The summed E-state index contributed by atoms with van der Waals surface area (Å²) in [5.74, 6) is -0.731. The highest BCUT2D eigenvalue weighted by molar-refractivity contribution is 5.82. The van der Waals surface area contributed by atoms with E-state index in [2.05, 4.69) is 20.4 Å². The van der Waals surface area contributed by atoms with Crippen molar-refractivity contribution < 1.29 is 27.1 Å². The van der Waals surface area contributed by atoms with E-state index in [1.54, 1.807) is 12.1 Å². The second-order valence-corrected chi connectivity index (χ2v) is 6.17. The van der Waals surface area contributed by atoms with Crippen molar-refractivity contribution >= 4 is 5.91 Å². The molecule has 2 heterocycles. The first-order chi connectivity index (χ1) is 12.8. The van der Waals surface area contributed by atoms with Gasteiger partial charge in [-0.15, -0.1) is 0 Å². The van der Waals surface area contributed by atoms with E-state index in [9.17, 15) is 22.4 Å². The molecule has 0 saturated heterocycles. The lowest BCUT2D eigenvalue weighted by molar-refractivity contribution is -0.154. The van der Waals surface area contributed by atoms with Crippen molar-refractivity contribution in [3.8, 4) is 5.88 Å². The smallest absolute Gasteiger partial charge is 0.422 e. The summed E-state index contributed by atoms with van der Waals surface area (Å²) < 4.78 is 54.4. The summed E-state index contributed by atoms with van der Waals surface area (Å²) in [6.07, 6.45) is -2.70. The number of nitrogens with zero attached hydrogens (tertiary/aromatic N) is 1. The molecule has 1 amide bonds. The minimum absolute atomic E-state index is 0.123. The Balaban J connectivity index is 1.54. The third kappa shape index (κ3) is 5.40. The van der Waals surface area contributed by atoms with Gasteiger partial charge in [-0.1, -0.05) is 6.07 Å². The minimum atomic E-state index is -4.45. The van der Waals surface area contributed by atoms with Crippen LogP contribution in [0.4, 0.5) is 17.6 Å². The molecule has 2 aromatic rings. The van der Waals surface area contributed by atoms with Crippen LogP contribution in [-0.2, 0) is 24.3 Å². The van der Waals surface area contributed by atoms with Crippen molar-refractivity contribution in [1.82, 2.24) is 15.6 Å². The van der Waals surface area contributed by atoms with E-state index in [1.807, 2.05) is 0 Å². The number of pyridine rings is 1. The third-order valence-corrected chi connectivity index (χ3v) is 4.10. The molecule has 0 saturated carbocycles. The van der Waals surface area contributed by atoms with Crippen LogP contribution in [0.3, 0.4) is 0 Å². The van der Waals surface area contributed by atoms with Crippen LogP contribution in [0.2, 0.25) is 0 Å². The van der Waals surface area contributed by atoms with E-state index >= 15 is 0 Å². The number of halogens is 4. The molecule has 0 fully saturated rings. The second-order valence-electron chi connectivity index (χ2n) is 6.17. The number of carbonyl (C=O) groups is 1. The molecule has 1 aromatic carbocycles. The van der Waals surface area contributed by atoms with Crippen molar-refractivity contribution in [3.63, 3.8) is 0 Å². The van der Waals surface area contributed by atoms with Gasteiger partial charge < -0.3 is 15.4 Å². The zero-order chi connectivity index (χ0) is 19.4. The Kier molecular flexibility index (Phi) is 5.59. The highest BCUT2D eigenvalue weighted by atomic mass is 19.4. The summed E-state index contributed by atoms with van der Waals surface area (Å²) >= 11 is 0. The third-order valence-electron chi connectivity index (χ3n) is 4.10. The summed E-state index contributed by atoms with van der Waals surface area (Å²) in [6.45, 7) is -0.921. The Bertz CT molecular complexity index is 826. The average molecular weight is 383 g/mol. The fraction of sp³-hybridized carbons (Fsp3) is 0.333. The maximum absolute atomic E-state index is 13.2. The molecular formula is C18H17F4N3O2. The highest BCUT2D eigenvalue weighted by Crippen LogP contribution is 2.19. The number of amides is 1. The Morgan fingerprint density at radius 3 is 2.85 bits per heavy atom. The van der Waals surface area contributed by atoms with E-state index in [0.29, 0.717) is 18.5 Å². The van der Waals surface area contributed by atoms with Crippen LogP contribution >= 0.6 is 0 Å². The van der Waals surface area contributed by atoms with E-state index in [0.717, 1.165) is 11.1 Å². The van der Waals surface area contributed by atoms with Crippen molar-refractivity contribution in [3.05, 3.63) is 59.0 Å². The van der Waals surface area contributed by atoms with Gasteiger partial charge in [0.15, 0.2) is 6.61 Å². The standard InChI is InChI=1S/C18H17F4N3O2/c19-14-2-1-12-7-15(24-9-13(12)6-14)17(26)25-8-11-3-4-23-16(5-11)27-10-18(20,21)22/h1-6,15,24H,7-10H2,(H,25,26). The van der Waals surface area contributed by atoms with Gasteiger partial charge in [0.2, 0.25) is 11.8 Å². The van der Waals surface area contributed by atoms with Crippen LogP contribution < -0.4 is 15.4 Å². The molecule has 1 atom stereocenters. The molecule has 3 rings (SSSR count). The maximum Gasteiger partial charge on any atom is 0.422 e. The monoisotopic (exact) mass is 383 g/mol. The van der Waals surface area contributed by atoms with Gasteiger partial charge in [0.05, 0.1) is 6.04 Å². The molecule has 0 spiro atoms. The Morgan fingerprint density at radius 2 is 2.07 bits per heavy atom. The first-order valence-corrected chi connectivity index (χ1v) is 8.23. The fourth-order valence-electron chi connectivity index (χ4n) is 2.78. The Labute approximate surface area is 152 Å². The number of benzene rings is 1. The van der Waals surface area contributed by atoms with E-state index in [1.165, 1.54) is 24.4 Å². The zero-order valence-electron chi connectivity index (χ0n) is 14.1. The van der Waals surface area contributed by atoms with Gasteiger partial charge in [0, 0.05) is 25.4 Å². The second kappa shape index (κ2) is 7.91. The average Bonchev–Trinajstić information content (AvgIpc) is 2.64. The molecule has 1 unspecified atom stereocenters. The minimum Gasteiger partial charge on any atom is -0.468 e. The summed E-state index contributed by atoms with van der Waals surface area (Å²) in [6, 6.07) is 6.92. The van der Waals surface area contributed by atoms with Crippen molar-refractivity contribution in [2.45, 2.75) is 31.7 Å². The van der Waals surface area contributed by atoms with Gasteiger partial charge in [0.1, 0.15) is 5.82 Å². The predicted molar refractivity (Wildman–Crippen MR) is 88.4 cm³/mol. The molecule has 27 heavy (non-hydrogen) atoms. The Hall–Kier alpha value is -2.68. The zero-order valence-corrected chi connectivity index (χ0v) is 14.1. The number of ether oxygens (including phenoxy) is 1. The highest BCUT2D eigenvalue weighted by Gasteiger charge is 2.28. The Morgan fingerprint density at radius 1 is 1.26 bits per heavy atom. The largest absolute Gasteiger partial charge is 0.468 e. The van der Waals surface area contributed by atoms with Gasteiger partial charge in [-0.05, 0) is 41.3 Å². The van der Waals surface area contributed by atoms with Crippen molar-refractivity contribution in [2.75, 3.05) is 6.61 Å². The number of rotatable bonds is 5. The molecule has 5 nitrogen and oxygen atoms in total. The van der Waals surface area contributed by atoms with Gasteiger partial charge >= 0.3 is 6.18 Å². The number of fused-ring (bicyclic) bond motifs is 1. The fourth-order valence-corrected chi connectivity index (χ4v) is 2.78. The summed E-state index contributed by atoms with van der Waals surface area (Å²) in [5.41, 5.74) is 2.29. The lowest BCUT2D eigenvalue weighted by atomic mass is 9.95. The molecule has 144 valence electrons. The number of hydrogen-bond acceptors (Lipinski definition) is 4. The van der Waals surface area contributed by atoms with Gasteiger partial charge in [-0.2, -0.15) is 13.2 Å². The molecule has 0 radical (unpaired) electrons. The molecule has 1 aliphatic heterocycles. The van der Waals surface area contributed by atoms with Crippen molar-refractivity contribution in [2.24, 2.45) is 0 Å². The van der Waals surface area contributed by atoms with Crippen LogP contribution in [0, 0.1) is 5.82 Å². The summed E-state index contributed by atoms with van der Waals surface area (Å²) in [4.78, 5) is 16.1. The number of nitrogens with one attached hydrogen (secondary N) is 2. The molecule has 2 N–H and O–H groups in total. The molecule has 0 bridgehead atoms. The SMILES string of the molecule is O=C(NCc1ccnc(OCC(F)(F)F)c1)C1Cc2ccc(F)cc2CN1. The molecule has 1 aliphatic rings. The lowest BCUT2D eigenvalue weighted by Crippen LogP contribution is -2.47. The topological polar surface area (TPSA) is 63.2 Å². The normalized spacial score (nSPS) is 16.5. The molecule has 1 aromatic heterocycles. The number of hydrogen-bond donors (Lipinski definition) is 2. The molecule has 9 heteroatoms. The first-order valence-electron chi connectivity index (χ1n) is 8.23. The van der Waals surface area contributed by atoms with Gasteiger partial charge in [-0.3, -0.25) is 4.79 Å². The van der Waals surface area contributed by atoms with Crippen LogP contribution in [0.15, 0.2) is 36.5 Å². The number of carbonyl (C=O) groups excluding carboxylic acids is 1. The number of alkyl halides is 3. The van der Waals surface area contributed by atoms with Crippen LogP contribution in [0.1, 0.15) is 16.7 Å². The summed E-state index contributed by atoms with van der Waals surface area (Å²) in [5, 5.41) is 5.78. The predicted octanol–water partition coefficient (Wildman–Crippen LogP) is 2.49. The van der Waals surface area contributed by atoms with Gasteiger partial charge in [0.25, 0.3) is 0 Å². The quantitative estimate of drug-likeness (QED) is 0.779. The van der Waals surface area contributed by atoms with Crippen molar-refractivity contribution in [1.29, 1.82) is 0 Å². The number of aromatic nitrogens is 1. The van der Waals surface area contributed by atoms with Gasteiger partial charge in [-0.25, -0.2) is 9.37 Å². The van der Waals surface area contributed by atoms with E-state index in [4.69, 9.17) is 0 Å². The van der Waals surface area contributed by atoms with Crippen LogP contribution in [-0.4, -0.2) is 29.7 Å². The van der Waals surface area contributed by atoms with Crippen LogP contribution in [0.25, 0.3) is 0 Å².